The number of fused-ring (bicyclic) bond motifs is 7. The monoisotopic (exact) mass is 530 g/mol. The van der Waals surface area contributed by atoms with Gasteiger partial charge in [0.25, 0.3) is 5.91 Å². The van der Waals surface area contributed by atoms with Crippen LogP contribution in [0.5, 0.6) is 0 Å². The summed E-state index contributed by atoms with van der Waals surface area (Å²) in [6.45, 7) is 2.54. The summed E-state index contributed by atoms with van der Waals surface area (Å²) >= 11 is 6.41. The van der Waals surface area contributed by atoms with Crippen molar-refractivity contribution in [3.05, 3.63) is 35.6 Å². The predicted molar refractivity (Wildman–Crippen MR) is 141 cm³/mol. The number of rotatable bonds is 2. The van der Waals surface area contributed by atoms with Gasteiger partial charge in [0.1, 0.15) is 11.3 Å². The van der Waals surface area contributed by atoms with Crippen molar-refractivity contribution in [2.75, 3.05) is 12.4 Å². The van der Waals surface area contributed by atoms with Crippen LogP contribution in [0.2, 0.25) is 0 Å². The van der Waals surface area contributed by atoms with Crippen molar-refractivity contribution >= 4 is 29.2 Å². The van der Waals surface area contributed by atoms with Crippen LogP contribution in [0.15, 0.2) is 35.6 Å². The number of aliphatic hydroxyl groups is 2. The summed E-state index contributed by atoms with van der Waals surface area (Å²) in [4.78, 5) is 37.7. The largest absolute Gasteiger partial charge is 0.507 e. The molecule has 3 aliphatic carbocycles. The standard InChI is InChI=1S/C29H39ClN2O5/c1-2-18-13-17-14-21-19-5-3-7-24(34)31-12-4-6-22-27(35)25(28(36)32-22)23(33)11-9-16(19)8-10-20(21)26(17)29(18,37)15-30/h3,7,9,11,16-22,26,33,37H,2,4-6,8,10,12-15H2,1H3,(H,31,34)(H,32,36)/b7-3-,11-9-,25-23-/t16-,17+,18+,19-,20+,21+,22+,26+,29+/m1/s1. The van der Waals surface area contributed by atoms with Crippen LogP contribution in [-0.2, 0) is 14.4 Å². The van der Waals surface area contributed by atoms with Crippen LogP contribution in [0, 0.1) is 41.4 Å². The lowest BCUT2D eigenvalue weighted by molar-refractivity contribution is -0.118. The molecule has 3 saturated carbocycles. The molecule has 9 atom stereocenters. The van der Waals surface area contributed by atoms with Gasteiger partial charge < -0.3 is 20.8 Å². The number of amides is 2. The Bertz CT molecular complexity index is 1040. The quantitative estimate of drug-likeness (QED) is 0.322. The average molecular weight is 531 g/mol. The summed E-state index contributed by atoms with van der Waals surface area (Å²) in [5.41, 5.74) is -0.998. The number of ketones is 1. The molecule has 5 rings (SSSR count). The Morgan fingerprint density at radius 1 is 1.08 bits per heavy atom. The zero-order valence-electron chi connectivity index (χ0n) is 21.5. The first-order valence-electron chi connectivity index (χ1n) is 14.0. The van der Waals surface area contributed by atoms with Crippen molar-refractivity contribution < 1.29 is 24.6 Å². The second-order valence-corrected chi connectivity index (χ2v) is 12.1. The topological polar surface area (TPSA) is 116 Å². The highest BCUT2D eigenvalue weighted by Gasteiger charge is 2.62. The summed E-state index contributed by atoms with van der Waals surface area (Å²) in [7, 11) is 0. The fraction of sp³-hybridized carbons (Fsp3) is 0.690. The number of allylic oxidation sites excluding steroid dienone is 3. The summed E-state index contributed by atoms with van der Waals surface area (Å²) < 4.78 is 0. The van der Waals surface area contributed by atoms with Crippen molar-refractivity contribution in [2.45, 2.75) is 69.9 Å². The van der Waals surface area contributed by atoms with Crippen LogP contribution >= 0.6 is 11.6 Å². The van der Waals surface area contributed by atoms with Gasteiger partial charge in [-0.15, -0.1) is 11.6 Å². The molecule has 4 N–H and O–H groups in total. The van der Waals surface area contributed by atoms with E-state index in [1.54, 1.807) is 6.08 Å². The summed E-state index contributed by atoms with van der Waals surface area (Å²) in [5.74, 6) is 0.920. The van der Waals surface area contributed by atoms with Crippen molar-refractivity contribution in [1.82, 2.24) is 10.6 Å². The summed E-state index contributed by atoms with van der Waals surface area (Å²) in [6.07, 6.45) is 13.5. The van der Waals surface area contributed by atoms with Gasteiger partial charge in [0.05, 0.1) is 17.5 Å². The van der Waals surface area contributed by atoms with Crippen molar-refractivity contribution in [2.24, 2.45) is 41.4 Å². The summed E-state index contributed by atoms with van der Waals surface area (Å²) in [5, 5.41) is 28.0. The van der Waals surface area contributed by atoms with E-state index < -0.39 is 17.6 Å². The molecular formula is C29H39ClN2O5. The molecule has 0 aromatic heterocycles. The second-order valence-electron chi connectivity index (χ2n) is 11.8. The molecule has 202 valence electrons. The third-order valence-electron chi connectivity index (χ3n) is 10.1. The highest BCUT2D eigenvalue weighted by molar-refractivity contribution is 6.27. The number of alkyl halides is 1. The van der Waals surface area contributed by atoms with E-state index in [9.17, 15) is 24.6 Å². The first-order valence-corrected chi connectivity index (χ1v) is 14.5. The van der Waals surface area contributed by atoms with Gasteiger partial charge in [-0.3, -0.25) is 14.4 Å². The van der Waals surface area contributed by atoms with Crippen LogP contribution < -0.4 is 10.6 Å². The van der Waals surface area contributed by atoms with Crippen molar-refractivity contribution in [3.8, 4) is 0 Å². The Balaban J connectivity index is 1.45. The van der Waals surface area contributed by atoms with Gasteiger partial charge >= 0.3 is 0 Å². The van der Waals surface area contributed by atoms with Crippen molar-refractivity contribution in [3.63, 3.8) is 0 Å². The van der Waals surface area contributed by atoms with Gasteiger partial charge in [0, 0.05) is 6.54 Å². The number of nitrogens with one attached hydrogen (secondary N) is 2. The van der Waals surface area contributed by atoms with Gasteiger partial charge in [-0.05, 0) is 98.5 Å². The Hall–Kier alpha value is -2.12. The lowest BCUT2D eigenvalue weighted by atomic mass is 9.62. The number of aliphatic hydroxyl groups excluding tert-OH is 1. The highest BCUT2D eigenvalue weighted by atomic mass is 35.5. The highest BCUT2D eigenvalue weighted by Crippen LogP contribution is 2.64. The molecule has 4 fully saturated rings. The van der Waals surface area contributed by atoms with Gasteiger partial charge in [-0.1, -0.05) is 25.5 Å². The lowest BCUT2D eigenvalue weighted by Gasteiger charge is -2.44. The molecule has 0 aromatic carbocycles. The van der Waals surface area contributed by atoms with Crippen molar-refractivity contribution in [1.29, 1.82) is 0 Å². The van der Waals surface area contributed by atoms with E-state index in [0.717, 1.165) is 38.5 Å². The van der Waals surface area contributed by atoms with Gasteiger partial charge in [-0.25, -0.2) is 0 Å². The number of hydrogen-bond donors (Lipinski definition) is 4. The lowest BCUT2D eigenvalue weighted by Crippen LogP contribution is -2.47. The van der Waals surface area contributed by atoms with E-state index >= 15 is 0 Å². The Morgan fingerprint density at radius 3 is 2.65 bits per heavy atom. The van der Waals surface area contributed by atoms with Crippen LogP contribution in [0.1, 0.15) is 58.3 Å². The zero-order chi connectivity index (χ0) is 26.3. The second kappa shape index (κ2) is 10.6. The molecule has 2 heterocycles. The number of halogens is 1. The molecule has 37 heavy (non-hydrogen) atoms. The third kappa shape index (κ3) is 4.67. The normalized spacial score (nSPS) is 46.0. The fourth-order valence-corrected chi connectivity index (χ4v) is 8.89. The van der Waals surface area contributed by atoms with Crippen LogP contribution in [0.3, 0.4) is 0 Å². The molecule has 2 aliphatic heterocycles. The minimum Gasteiger partial charge on any atom is -0.507 e. The van der Waals surface area contributed by atoms with E-state index in [0.29, 0.717) is 37.1 Å². The zero-order valence-corrected chi connectivity index (χ0v) is 22.3. The molecule has 7 nitrogen and oxygen atoms in total. The predicted octanol–water partition coefficient (Wildman–Crippen LogP) is 3.57. The Morgan fingerprint density at radius 2 is 1.89 bits per heavy atom. The Kier molecular flexibility index (Phi) is 7.56. The van der Waals surface area contributed by atoms with Crippen LogP contribution in [0.4, 0.5) is 0 Å². The van der Waals surface area contributed by atoms with E-state index in [-0.39, 0.29) is 52.6 Å². The molecule has 0 spiro atoms. The van der Waals surface area contributed by atoms with Crippen LogP contribution in [-0.4, -0.2) is 51.9 Å². The van der Waals surface area contributed by atoms with Gasteiger partial charge in [0.2, 0.25) is 5.91 Å². The van der Waals surface area contributed by atoms with E-state index in [2.05, 4.69) is 17.6 Å². The average Bonchev–Trinajstić information content (AvgIpc) is 3.48. The number of carbonyl (C=O) groups is 3. The number of carbonyl (C=O) groups excluding carboxylic acids is 3. The molecule has 5 aliphatic rings. The maximum absolute atomic E-state index is 12.8. The molecule has 8 heteroatoms. The Labute approximate surface area is 223 Å². The molecule has 2 amide bonds. The minimum atomic E-state index is -0.827. The molecule has 1 saturated heterocycles. The number of hydrogen-bond acceptors (Lipinski definition) is 5. The smallest absolute Gasteiger partial charge is 0.259 e. The molecule has 0 radical (unpaired) electrons. The van der Waals surface area contributed by atoms with Crippen LogP contribution in [0.25, 0.3) is 0 Å². The molecule has 0 unspecified atom stereocenters. The van der Waals surface area contributed by atoms with E-state index in [1.807, 2.05) is 12.2 Å². The maximum atomic E-state index is 12.8. The fourth-order valence-electron chi connectivity index (χ4n) is 8.49. The minimum absolute atomic E-state index is 0.130. The van der Waals surface area contributed by atoms with Gasteiger partial charge in [0.15, 0.2) is 5.78 Å². The molecule has 2 bridgehead atoms. The van der Waals surface area contributed by atoms with E-state index in [4.69, 9.17) is 11.6 Å². The first-order chi connectivity index (χ1) is 17.8. The molecular weight excluding hydrogens is 492 g/mol. The van der Waals surface area contributed by atoms with Gasteiger partial charge in [-0.2, -0.15) is 0 Å². The summed E-state index contributed by atoms with van der Waals surface area (Å²) in [6, 6.07) is -0.674. The van der Waals surface area contributed by atoms with E-state index in [1.165, 1.54) is 6.08 Å². The SMILES string of the molecule is CC[C@H]1C[C@H]2C[C@@H]3[C@H](CC[C@@H]4/C=C\C(O)=C5\C(=O)N[C@@H](CCCNC(=O)/C=C\C[C@@H]34)C5=O)[C@H]2[C@]1(O)CCl. The maximum Gasteiger partial charge on any atom is 0.259 e. The number of Topliss-reactive ketones (excluding diaryl/α,β-unsaturated/α-hetero) is 1. The molecule has 0 aromatic rings. The first kappa shape index (κ1) is 26.5. The third-order valence-corrected chi connectivity index (χ3v) is 10.5.